The molecule has 2 N–H and O–H groups in total. The van der Waals surface area contributed by atoms with Gasteiger partial charge in [0.05, 0.1) is 11.6 Å². The lowest BCUT2D eigenvalue weighted by Crippen LogP contribution is -2.30. The molecule has 0 saturated carbocycles. The number of ketones is 1. The fourth-order valence-corrected chi connectivity index (χ4v) is 3.23. The van der Waals surface area contributed by atoms with Gasteiger partial charge in [-0.15, -0.1) is 0 Å². The van der Waals surface area contributed by atoms with E-state index < -0.39 is 23.5 Å². The molecule has 27 heavy (non-hydrogen) atoms. The van der Waals surface area contributed by atoms with Gasteiger partial charge in [0.15, 0.2) is 11.5 Å². The van der Waals surface area contributed by atoms with Crippen LogP contribution in [-0.4, -0.2) is 22.7 Å². The van der Waals surface area contributed by atoms with Gasteiger partial charge in [-0.05, 0) is 48.9 Å². The highest BCUT2D eigenvalue weighted by Gasteiger charge is 2.43. The van der Waals surface area contributed by atoms with Crippen molar-refractivity contribution in [3.8, 4) is 0 Å². The second-order valence-corrected chi connectivity index (χ2v) is 6.61. The summed E-state index contributed by atoms with van der Waals surface area (Å²) in [6.07, 6.45) is 0. The van der Waals surface area contributed by atoms with Gasteiger partial charge in [-0.3, -0.25) is 19.3 Å². The lowest BCUT2D eigenvalue weighted by atomic mass is 9.96. The predicted octanol–water partition coefficient (Wildman–Crippen LogP) is 3.79. The number of rotatable bonds is 4. The molecule has 0 aliphatic carbocycles. The summed E-state index contributed by atoms with van der Waals surface area (Å²) in [5.74, 6) is -1.82. The number of aliphatic hydroxyl groups excluding tert-OH is 1. The number of carbonyl (C=O) groups is 3. The highest BCUT2D eigenvalue weighted by molar-refractivity contribution is 6.30. The SMILES string of the molecule is CC(=O)Nc1ccc(N2C(=O)C(O)=C(C(C)=O)[C@H]2c2ccc(Cl)cc2)cc1. The molecule has 1 aliphatic rings. The Balaban J connectivity index is 2.07. The Kier molecular flexibility index (Phi) is 5.01. The second kappa shape index (κ2) is 7.25. The predicted molar refractivity (Wildman–Crippen MR) is 103 cm³/mol. The first-order chi connectivity index (χ1) is 12.8. The Morgan fingerprint density at radius 1 is 1.04 bits per heavy atom. The number of benzene rings is 2. The first kappa shape index (κ1) is 18.7. The normalized spacial score (nSPS) is 16.6. The van der Waals surface area contributed by atoms with Crippen LogP contribution in [0.25, 0.3) is 0 Å². The molecule has 0 spiro atoms. The zero-order chi connectivity index (χ0) is 19.7. The molecular formula is C20H17ClN2O4. The molecule has 2 aromatic carbocycles. The molecule has 1 atom stereocenters. The maximum atomic E-state index is 12.7. The van der Waals surface area contributed by atoms with E-state index in [4.69, 9.17) is 11.6 Å². The third kappa shape index (κ3) is 3.57. The number of hydrogen-bond donors (Lipinski definition) is 2. The van der Waals surface area contributed by atoms with Gasteiger partial charge in [-0.2, -0.15) is 0 Å². The topological polar surface area (TPSA) is 86.7 Å². The quantitative estimate of drug-likeness (QED) is 0.839. The van der Waals surface area contributed by atoms with Crippen LogP contribution in [0.2, 0.25) is 5.02 Å². The monoisotopic (exact) mass is 384 g/mol. The van der Waals surface area contributed by atoms with Crippen molar-refractivity contribution in [2.45, 2.75) is 19.9 Å². The smallest absolute Gasteiger partial charge is 0.294 e. The summed E-state index contributed by atoms with van der Waals surface area (Å²) in [6.45, 7) is 2.71. The van der Waals surface area contributed by atoms with Crippen molar-refractivity contribution < 1.29 is 19.5 Å². The Hall–Kier alpha value is -3.12. The summed E-state index contributed by atoms with van der Waals surface area (Å²) in [5.41, 5.74) is 1.74. The third-order valence-corrected chi connectivity index (χ3v) is 4.49. The van der Waals surface area contributed by atoms with Crippen LogP contribution in [0.1, 0.15) is 25.5 Å². The van der Waals surface area contributed by atoms with Gasteiger partial charge in [0.25, 0.3) is 5.91 Å². The number of nitrogens with zero attached hydrogens (tertiary/aromatic N) is 1. The molecule has 0 aromatic heterocycles. The van der Waals surface area contributed by atoms with E-state index in [0.29, 0.717) is 22.0 Å². The van der Waals surface area contributed by atoms with Gasteiger partial charge >= 0.3 is 0 Å². The Labute approximate surface area is 161 Å². The van der Waals surface area contributed by atoms with Crippen molar-refractivity contribution in [2.24, 2.45) is 0 Å². The largest absolute Gasteiger partial charge is 0.503 e. The summed E-state index contributed by atoms with van der Waals surface area (Å²) in [6, 6.07) is 12.5. The first-order valence-electron chi connectivity index (χ1n) is 8.20. The van der Waals surface area contributed by atoms with Crippen molar-refractivity contribution >= 4 is 40.6 Å². The standard InChI is InChI=1S/C20H17ClN2O4/c1-11(24)17-18(13-3-5-14(21)6-4-13)23(20(27)19(17)26)16-9-7-15(8-10-16)22-12(2)25/h3-10,18,26H,1-2H3,(H,22,25)/t18-/m1/s1. The molecule has 1 aliphatic heterocycles. The zero-order valence-electron chi connectivity index (χ0n) is 14.7. The van der Waals surface area contributed by atoms with Crippen LogP contribution in [0.4, 0.5) is 11.4 Å². The van der Waals surface area contributed by atoms with E-state index >= 15 is 0 Å². The van der Waals surface area contributed by atoms with Gasteiger partial charge in [0.1, 0.15) is 0 Å². The second-order valence-electron chi connectivity index (χ2n) is 6.18. The van der Waals surface area contributed by atoms with E-state index in [1.807, 2.05) is 0 Å². The maximum absolute atomic E-state index is 12.7. The lowest BCUT2D eigenvalue weighted by molar-refractivity contribution is -0.117. The number of anilines is 2. The number of amides is 2. The van der Waals surface area contributed by atoms with Crippen LogP contribution >= 0.6 is 11.6 Å². The van der Waals surface area contributed by atoms with Gasteiger partial charge in [0.2, 0.25) is 5.91 Å². The summed E-state index contributed by atoms with van der Waals surface area (Å²) < 4.78 is 0. The van der Waals surface area contributed by atoms with E-state index in [1.165, 1.54) is 18.7 Å². The summed E-state index contributed by atoms with van der Waals surface area (Å²) in [7, 11) is 0. The highest BCUT2D eigenvalue weighted by Crippen LogP contribution is 2.41. The fourth-order valence-electron chi connectivity index (χ4n) is 3.10. The van der Waals surface area contributed by atoms with Crippen LogP contribution in [0, 0.1) is 0 Å². The van der Waals surface area contributed by atoms with Crippen LogP contribution in [0.5, 0.6) is 0 Å². The molecule has 0 bridgehead atoms. The van der Waals surface area contributed by atoms with Crippen molar-refractivity contribution in [2.75, 3.05) is 10.2 Å². The Morgan fingerprint density at radius 2 is 1.63 bits per heavy atom. The van der Waals surface area contributed by atoms with Crippen molar-refractivity contribution in [3.63, 3.8) is 0 Å². The van der Waals surface area contributed by atoms with E-state index in [0.717, 1.165) is 0 Å². The maximum Gasteiger partial charge on any atom is 0.294 e. The van der Waals surface area contributed by atoms with Crippen LogP contribution < -0.4 is 10.2 Å². The Bertz CT molecular complexity index is 949. The van der Waals surface area contributed by atoms with Gasteiger partial charge < -0.3 is 10.4 Å². The summed E-state index contributed by atoms with van der Waals surface area (Å²) in [5, 5.41) is 13.5. The molecule has 2 aromatic rings. The summed E-state index contributed by atoms with van der Waals surface area (Å²) >= 11 is 5.94. The number of hydrogen-bond acceptors (Lipinski definition) is 4. The van der Waals surface area contributed by atoms with Gasteiger partial charge in [-0.1, -0.05) is 23.7 Å². The number of carbonyl (C=O) groups excluding carboxylic acids is 3. The van der Waals surface area contributed by atoms with Gasteiger partial charge in [-0.25, -0.2) is 0 Å². The molecule has 2 amide bonds. The van der Waals surface area contributed by atoms with Crippen LogP contribution in [0.3, 0.4) is 0 Å². The van der Waals surface area contributed by atoms with Crippen LogP contribution in [-0.2, 0) is 14.4 Å². The number of Topliss-reactive ketones (excluding diaryl/α,β-unsaturated/α-hetero) is 1. The minimum Gasteiger partial charge on any atom is -0.503 e. The molecule has 6 nitrogen and oxygen atoms in total. The van der Waals surface area contributed by atoms with Crippen molar-refractivity contribution in [1.29, 1.82) is 0 Å². The number of halogens is 1. The minimum absolute atomic E-state index is 0.0354. The molecule has 0 saturated heterocycles. The molecule has 0 radical (unpaired) electrons. The molecular weight excluding hydrogens is 368 g/mol. The highest BCUT2D eigenvalue weighted by atomic mass is 35.5. The van der Waals surface area contributed by atoms with E-state index in [9.17, 15) is 19.5 Å². The van der Waals surface area contributed by atoms with Gasteiger partial charge in [0, 0.05) is 23.3 Å². The molecule has 7 heteroatoms. The first-order valence-corrected chi connectivity index (χ1v) is 8.58. The molecule has 0 fully saturated rings. The average Bonchev–Trinajstić information content (AvgIpc) is 2.87. The number of aliphatic hydroxyl groups is 1. The molecule has 1 heterocycles. The van der Waals surface area contributed by atoms with E-state index in [2.05, 4.69) is 5.32 Å². The van der Waals surface area contributed by atoms with E-state index in [1.54, 1.807) is 48.5 Å². The minimum atomic E-state index is -0.765. The fraction of sp³-hybridized carbons (Fsp3) is 0.150. The number of nitrogens with one attached hydrogen (secondary N) is 1. The molecule has 3 rings (SSSR count). The molecule has 0 unspecified atom stereocenters. The van der Waals surface area contributed by atoms with Crippen molar-refractivity contribution in [3.05, 3.63) is 70.4 Å². The molecule has 138 valence electrons. The lowest BCUT2D eigenvalue weighted by Gasteiger charge is -2.27. The average molecular weight is 385 g/mol. The summed E-state index contributed by atoms with van der Waals surface area (Å²) in [4.78, 5) is 37.4. The third-order valence-electron chi connectivity index (χ3n) is 4.24. The Morgan fingerprint density at radius 3 is 2.15 bits per heavy atom. The van der Waals surface area contributed by atoms with E-state index in [-0.39, 0.29) is 11.5 Å². The van der Waals surface area contributed by atoms with Crippen molar-refractivity contribution in [1.82, 2.24) is 0 Å². The zero-order valence-corrected chi connectivity index (χ0v) is 15.4. The van der Waals surface area contributed by atoms with Crippen LogP contribution in [0.15, 0.2) is 59.9 Å².